The van der Waals surface area contributed by atoms with Crippen molar-refractivity contribution < 1.29 is 85.1 Å². The number of carboxylic acid groups (broad SMARTS) is 1. The summed E-state index contributed by atoms with van der Waals surface area (Å²) in [5.74, 6) is -2.12. The topological polar surface area (TPSA) is 105 Å². The van der Waals surface area contributed by atoms with Crippen LogP contribution < -0.4 is 56.5 Å². The molecule has 200 valence electrons. The summed E-state index contributed by atoms with van der Waals surface area (Å²) in [6.45, 7) is 17.0. The van der Waals surface area contributed by atoms with Gasteiger partial charge in [0.05, 0.1) is 19.6 Å². The van der Waals surface area contributed by atoms with Gasteiger partial charge in [-0.15, -0.1) is 0 Å². The zero-order valence-corrected chi connectivity index (χ0v) is 24.1. The molecule has 0 aliphatic rings. The molecule has 0 radical (unpaired) electrons. The Hall–Kier alpha value is -1.33. The summed E-state index contributed by atoms with van der Waals surface area (Å²) in [6, 6.07) is 7.74. The molecule has 9 heteroatoms. The average Bonchev–Trinajstić information content (AvgIpc) is 2.81. The third-order valence-corrected chi connectivity index (χ3v) is 4.39. The number of carbonyl (C=O) groups is 3. The molecule has 0 aliphatic carbocycles. The van der Waals surface area contributed by atoms with E-state index in [0.29, 0.717) is 18.8 Å². The van der Waals surface area contributed by atoms with Crippen LogP contribution in [0.3, 0.4) is 0 Å². The number of carboxylic acids is 1. The van der Waals surface area contributed by atoms with Crippen molar-refractivity contribution in [2.75, 3.05) is 39.5 Å². The van der Waals surface area contributed by atoms with Crippen LogP contribution in [0, 0.1) is 0 Å². The number of likely N-dealkylation sites (N-methyl/N-ethyl adjacent to an activating group) is 1. The molecular weight excluding hydrogens is 489 g/mol. The van der Waals surface area contributed by atoms with E-state index >= 15 is 0 Å². The second-order valence-corrected chi connectivity index (χ2v) is 7.03. The molecule has 0 spiro atoms. The first-order chi connectivity index (χ1) is 15.7. The molecule has 0 heterocycles. The first-order valence-corrected chi connectivity index (χ1v) is 10.9. The van der Waals surface area contributed by atoms with Gasteiger partial charge < -0.3 is 29.0 Å². The van der Waals surface area contributed by atoms with Crippen molar-refractivity contribution in [3.8, 4) is 0 Å². The molecule has 1 aromatic carbocycles. The molecule has 0 N–H and O–H groups in total. The molecule has 0 atom stereocenters. The van der Waals surface area contributed by atoms with E-state index in [1.54, 1.807) is 13.0 Å². The molecule has 0 unspecified atom stereocenters. The number of aliphatic carboxylic acids is 1. The fourth-order valence-corrected chi connectivity index (χ4v) is 2.36. The minimum atomic E-state index is -1.26. The van der Waals surface area contributed by atoms with E-state index in [9.17, 15) is 19.5 Å². The second kappa shape index (κ2) is 26.7. The van der Waals surface area contributed by atoms with E-state index in [4.69, 9.17) is 14.2 Å². The van der Waals surface area contributed by atoms with Gasteiger partial charge in [0.15, 0.2) is 0 Å². The van der Waals surface area contributed by atoms with Gasteiger partial charge in [-0.3, -0.25) is 4.79 Å². The van der Waals surface area contributed by atoms with Crippen LogP contribution in [0.1, 0.15) is 59.6 Å². The Bertz CT molecular complexity index is 747. The third-order valence-electron chi connectivity index (χ3n) is 4.39. The smallest absolute Gasteiger partial charge is 0.550 e. The maximum Gasteiger partial charge on any atom is 1.00 e. The second-order valence-electron chi connectivity index (χ2n) is 7.03. The summed E-state index contributed by atoms with van der Waals surface area (Å²) >= 11 is 0. The van der Waals surface area contributed by atoms with Crippen molar-refractivity contribution in [3.05, 3.63) is 54.1 Å². The third kappa shape index (κ3) is 23.1. The Morgan fingerprint density at radius 2 is 1.56 bits per heavy atom. The van der Waals surface area contributed by atoms with E-state index in [0.717, 1.165) is 30.8 Å². The van der Waals surface area contributed by atoms with Gasteiger partial charge >= 0.3 is 63.3 Å². The molecule has 8 nitrogen and oxygen atoms in total. The van der Waals surface area contributed by atoms with Gasteiger partial charge in [-0.2, -0.15) is 0 Å². The fourth-order valence-electron chi connectivity index (χ4n) is 2.36. The van der Waals surface area contributed by atoms with Crippen LogP contribution in [0.5, 0.6) is 0 Å². The van der Waals surface area contributed by atoms with Gasteiger partial charge in [-0.1, -0.05) is 72.2 Å². The number of ether oxygens (including phenoxy) is 3. The van der Waals surface area contributed by atoms with Crippen molar-refractivity contribution >= 4 is 24.0 Å². The van der Waals surface area contributed by atoms with E-state index in [1.807, 2.05) is 24.3 Å². The SMILES string of the molecule is C.C.C=C(C)C(=O)OCCN(CC)CC.C=Cc1ccc(COCCOC(=O)CCC(=O)[O-])cc1.[K+]. The monoisotopic (exact) mass is 533 g/mol. The Morgan fingerprint density at radius 1 is 0.972 bits per heavy atom. The molecule has 0 saturated carbocycles. The van der Waals surface area contributed by atoms with Crippen molar-refractivity contribution in [2.45, 2.75) is 55.1 Å². The first-order valence-electron chi connectivity index (χ1n) is 10.9. The van der Waals surface area contributed by atoms with E-state index in [2.05, 4.69) is 31.9 Å². The number of hydrogen-bond donors (Lipinski definition) is 0. The Balaban J connectivity index is -0.000000283. The van der Waals surface area contributed by atoms with Gasteiger partial charge in [-0.05, 0) is 37.6 Å². The minimum Gasteiger partial charge on any atom is -0.550 e. The van der Waals surface area contributed by atoms with Crippen molar-refractivity contribution in [1.82, 2.24) is 4.90 Å². The molecule has 0 fully saturated rings. The van der Waals surface area contributed by atoms with Crippen LogP contribution in [-0.4, -0.2) is 62.3 Å². The number of carbonyl (C=O) groups excluding carboxylic acids is 3. The predicted octanol–water partition coefficient (Wildman–Crippen LogP) is 0.643. The maximum atomic E-state index is 11.1. The van der Waals surface area contributed by atoms with Crippen molar-refractivity contribution in [2.24, 2.45) is 0 Å². The molecule has 36 heavy (non-hydrogen) atoms. The van der Waals surface area contributed by atoms with Crippen LogP contribution in [0.25, 0.3) is 6.08 Å². The largest absolute Gasteiger partial charge is 1.00 e. The molecule has 0 aromatic heterocycles. The van der Waals surface area contributed by atoms with Gasteiger partial charge in [0.1, 0.15) is 13.2 Å². The van der Waals surface area contributed by atoms with Crippen molar-refractivity contribution in [1.29, 1.82) is 0 Å². The van der Waals surface area contributed by atoms with Gasteiger partial charge in [0, 0.05) is 18.1 Å². The molecular formula is C27H44KNO7. The zero-order chi connectivity index (χ0) is 25.1. The minimum absolute atomic E-state index is 0. The summed E-state index contributed by atoms with van der Waals surface area (Å²) in [5.41, 5.74) is 2.51. The van der Waals surface area contributed by atoms with Crippen molar-refractivity contribution in [3.63, 3.8) is 0 Å². The average molecular weight is 534 g/mol. The van der Waals surface area contributed by atoms with Crippen LogP contribution in [0.2, 0.25) is 0 Å². The maximum absolute atomic E-state index is 11.1. The van der Waals surface area contributed by atoms with Gasteiger partial charge in [0.2, 0.25) is 0 Å². The zero-order valence-electron chi connectivity index (χ0n) is 21.0. The number of hydrogen-bond acceptors (Lipinski definition) is 8. The molecule has 0 saturated heterocycles. The molecule has 0 amide bonds. The van der Waals surface area contributed by atoms with Gasteiger partial charge in [-0.25, -0.2) is 4.79 Å². The molecule has 1 rings (SSSR count). The van der Waals surface area contributed by atoms with Crippen LogP contribution >= 0.6 is 0 Å². The number of benzene rings is 1. The van der Waals surface area contributed by atoms with E-state index in [-0.39, 0.29) is 98.3 Å². The standard InChI is InChI=1S/C15H18O5.C10H19NO2.2CH4.K/c1-2-12-3-5-13(6-4-12)11-19-9-10-20-15(18)8-7-14(16)17;1-5-11(6-2)7-8-13-10(12)9(3)4;;;/h2-6H,1,7-11H2,(H,16,17);3,5-8H2,1-2,4H3;2*1H4;/q;;;;+1/p-1. The predicted molar refractivity (Wildman–Crippen MR) is 138 cm³/mol. The number of esters is 2. The Labute approximate surface area is 260 Å². The molecule has 0 aliphatic heterocycles. The Morgan fingerprint density at radius 3 is 2.03 bits per heavy atom. The van der Waals surface area contributed by atoms with E-state index < -0.39 is 11.9 Å². The Kier molecular flexibility index (Phi) is 31.0. The quantitative estimate of drug-likeness (QED) is 0.140. The van der Waals surface area contributed by atoms with Crippen LogP contribution in [-0.2, 0) is 35.2 Å². The normalized spacial score (nSPS) is 9.22. The van der Waals surface area contributed by atoms with Gasteiger partial charge in [0.25, 0.3) is 0 Å². The molecule has 0 bridgehead atoms. The van der Waals surface area contributed by atoms with Crippen LogP contribution in [0.4, 0.5) is 0 Å². The van der Waals surface area contributed by atoms with E-state index in [1.165, 1.54) is 0 Å². The van der Waals surface area contributed by atoms with Crippen LogP contribution in [0.15, 0.2) is 43.0 Å². The summed E-state index contributed by atoms with van der Waals surface area (Å²) in [6.07, 6.45) is 1.26. The first kappa shape index (κ1) is 41.8. The number of nitrogens with zero attached hydrogens (tertiary/aromatic N) is 1. The number of rotatable bonds is 15. The molecule has 1 aromatic rings. The summed E-state index contributed by atoms with van der Waals surface area (Å²) in [7, 11) is 0. The summed E-state index contributed by atoms with van der Waals surface area (Å²) in [5, 5.41) is 10.1. The summed E-state index contributed by atoms with van der Waals surface area (Å²) in [4.78, 5) is 34.4. The summed E-state index contributed by atoms with van der Waals surface area (Å²) < 4.78 is 15.1. The fraction of sp³-hybridized carbons (Fsp3) is 0.519.